The number of aliphatic hydroxyl groups is 2. The first-order valence-corrected chi connectivity index (χ1v) is 10.2. The van der Waals surface area contributed by atoms with E-state index in [-0.39, 0.29) is 17.4 Å². The van der Waals surface area contributed by atoms with Crippen molar-refractivity contribution in [2.75, 3.05) is 0 Å². The van der Waals surface area contributed by atoms with Gasteiger partial charge in [0.2, 0.25) is 0 Å². The van der Waals surface area contributed by atoms with Crippen LogP contribution in [-0.2, 0) is 4.79 Å². The number of hydrogen-bond acceptors (Lipinski definition) is 3. The van der Waals surface area contributed by atoms with Crippen LogP contribution in [0.1, 0.15) is 72.1 Å². The fourth-order valence-corrected chi connectivity index (χ4v) is 7.89. The summed E-state index contributed by atoms with van der Waals surface area (Å²) in [5.74, 6) is 2.64. The molecule has 3 nitrogen and oxygen atoms in total. The number of aliphatic hydroxyl groups excluding tert-OH is 2. The van der Waals surface area contributed by atoms with E-state index < -0.39 is 6.10 Å². The Morgan fingerprint density at radius 1 is 1.04 bits per heavy atom. The minimum atomic E-state index is -0.513. The van der Waals surface area contributed by atoms with Crippen molar-refractivity contribution in [2.45, 2.75) is 84.3 Å². The van der Waals surface area contributed by atoms with Gasteiger partial charge in [-0.25, -0.2) is 0 Å². The second-order valence-electron chi connectivity index (χ2n) is 10.0. The van der Waals surface area contributed by atoms with Gasteiger partial charge in [0, 0.05) is 12.3 Å². The van der Waals surface area contributed by atoms with E-state index in [4.69, 9.17) is 0 Å². The molecule has 4 saturated carbocycles. The van der Waals surface area contributed by atoms with Gasteiger partial charge in [0.05, 0.1) is 12.2 Å². The third-order valence-electron chi connectivity index (χ3n) is 9.04. The molecule has 0 aliphatic heterocycles. The van der Waals surface area contributed by atoms with Gasteiger partial charge in [-0.1, -0.05) is 13.8 Å². The minimum Gasteiger partial charge on any atom is -0.393 e. The molecule has 2 N–H and O–H groups in total. The van der Waals surface area contributed by atoms with Crippen LogP contribution in [-0.4, -0.2) is 28.2 Å². The monoisotopic (exact) mass is 334 g/mol. The minimum absolute atomic E-state index is 0.00376. The van der Waals surface area contributed by atoms with Crippen molar-refractivity contribution in [3.8, 4) is 0 Å². The molecule has 4 fully saturated rings. The summed E-state index contributed by atoms with van der Waals surface area (Å²) < 4.78 is 0. The Kier molecular flexibility index (Phi) is 3.93. The lowest BCUT2D eigenvalue weighted by atomic mass is 9.44. The predicted molar refractivity (Wildman–Crippen MR) is 93.3 cm³/mol. The van der Waals surface area contributed by atoms with Crippen molar-refractivity contribution in [3.05, 3.63) is 0 Å². The van der Waals surface area contributed by atoms with Crippen molar-refractivity contribution in [3.63, 3.8) is 0 Å². The van der Waals surface area contributed by atoms with Crippen molar-refractivity contribution >= 4 is 5.78 Å². The van der Waals surface area contributed by atoms with E-state index in [1.54, 1.807) is 0 Å². The number of hydrogen-bond donors (Lipinski definition) is 2. The molecule has 0 saturated heterocycles. The molecule has 0 unspecified atom stereocenters. The molecule has 9 atom stereocenters. The third kappa shape index (κ3) is 2.19. The first kappa shape index (κ1) is 17.0. The number of Topliss-reactive ketones (excluding diaryl/α,β-unsaturated/α-hetero) is 1. The highest BCUT2D eigenvalue weighted by molar-refractivity contribution is 5.85. The third-order valence-corrected chi connectivity index (χ3v) is 9.04. The van der Waals surface area contributed by atoms with Gasteiger partial charge < -0.3 is 10.2 Å². The van der Waals surface area contributed by atoms with E-state index in [0.29, 0.717) is 41.3 Å². The number of rotatable bonds is 1. The Bertz CT molecular complexity index is 529. The molecule has 136 valence electrons. The fraction of sp³-hybridized carbons (Fsp3) is 0.952. The number of carbonyl (C=O) groups excluding carboxylic acids is 1. The molecule has 0 amide bonds. The van der Waals surface area contributed by atoms with Crippen LogP contribution >= 0.6 is 0 Å². The highest BCUT2D eigenvalue weighted by atomic mass is 16.3. The molecule has 24 heavy (non-hydrogen) atoms. The van der Waals surface area contributed by atoms with Crippen LogP contribution in [0.15, 0.2) is 0 Å². The second-order valence-corrected chi connectivity index (χ2v) is 10.0. The summed E-state index contributed by atoms with van der Waals surface area (Å²) in [4.78, 5) is 12.7. The molecule has 4 aliphatic carbocycles. The Morgan fingerprint density at radius 2 is 1.75 bits per heavy atom. The summed E-state index contributed by atoms with van der Waals surface area (Å²) >= 11 is 0. The van der Waals surface area contributed by atoms with Crippen LogP contribution in [0, 0.1) is 40.4 Å². The summed E-state index contributed by atoms with van der Waals surface area (Å²) in [5, 5.41) is 20.3. The maximum absolute atomic E-state index is 12.7. The van der Waals surface area contributed by atoms with Crippen molar-refractivity contribution in [1.82, 2.24) is 0 Å². The van der Waals surface area contributed by atoms with Gasteiger partial charge in [-0.15, -0.1) is 0 Å². The molecule has 4 aliphatic rings. The lowest BCUT2D eigenvalue weighted by Crippen LogP contribution is -2.54. The number of fused-ring (bicyclic) bond motifs is 5. The molecule has 0 bridgehead atoms. The van der Waals surface area contributed by atoms with Crippen LogP contribution in [0.3, 0.4) is 0 Å². The van der Waals surface area contributed by atoms with Gasteiger partial charge >= 0.3 is 0 Å². The first-order valence-electron chi connectivity index (χ1n) is 10.2. The quantitative estimate of drug-likeness (QED) is 0.771. The summed E-state index contributed by atoms with van der Waals surface area (Å²) in [6.07, 6.45) is 7.90. The van der Waals surface area contributed by atoms with Crippen LogP contribution in [0.5, 0.6) is 0 Å². The highest BCUT2D eigenvalue weighted by Gasteiger charge is 2.62. The zero-order valence-electron chi connectivity index (χ0n) is 15.5. The summed E-state index contributed by atoms with van der Waals surface area (Å²) in [7, 11) is 0. The van der Waals surface area contributed by atoms with Gasteiger partial charge in [0.25, 0.3) is 0 Å². The van der Waals surface area contributed by atoms with E-state index in [1.165, 1.54) is 19.3 Å². The van der Waals surface area contributed by atoms with Crippen molar-refractivity contribution < 1.29 is 15.0 Å². The molecular formula is C21H34O3. The maximum atomic E-state index is 12.7. The molecule has 0 aromatic heterocycles. The Balaban J connectivity index is 1.64. The molecular weight excluding hydrogens is 300 g/mol. The van der Waals surface area contributed by atoms with E-state index in [1.807, 2.05) is 6.92 Å². The molecule has 3 heteroatoms. The predicted octanol–water partition coefficient (Wildman–Crippen LogP) is 3.57. The first-order chi connectivity index (χ1) is 11.3. The number of ketones is 1. The van der Waals surface area contributed by atoms with Crippen LogP contribution in [0.4, 0.5) is 0 Å². The molecule has 0 spiro atoms. The lowest BCUT2D eigenvalue weighted by Gasteiger charge is -2.60. The average Bonchev–Trinajstić information content (AvgIpc) is 2.78. The zero-order valence-corrected chi connectivity index (χ0v) is 15.5. The molecule has 0 aromatic rings. The van der Waals surface area contributed by atoms with E-state index in [0.717, 1.165) is 25.7 Å². The van der Waals surface area contributed by atoms with Crippen LogP contribution in [0.25, 0.3) is 0 Å². The Morgan fingerprint density at radius 3 is 2.46 bits per heavy atom. The second kappa shape index (κ2) is 5.54. The fourth-order valence-electron chi connectivity index (χ4n) is 7.89. The molecule has 0 aromatic carbocycles. The maximum Gasteiger partial charge on any atom is 0.139 e. The van der Waals surface area contributed by atoms with Gasteiger partial charge in [0.15, 0.2) is 0 Å². The Hall–Kier alpha value is -0.410. The van der Waals surface area contributed by atoms with E-state index >= 15 is 0 Å². The smallest absolute Gasteiger partial charge is 0.139 e. The molecule has 0 radical (unpaired) electrons. The molecule has 0 heterocycles. The zero-order chi connectivity index (χ0) is 17.3. The average molecular weight is 335 g/mol. The lowest BCUT2D eigenvalue weighted by molar-refractivity contribution is -0.136. The normalized spacial score (nSPS) is 55.5. The van der Waals surface area contributed by atoms with Crippen LogP contribution in [0.2, 0.25) is 0 Å². The van der Waals surface area contributed by atoms with E-state index in [2.05, 4.69) is 13.8 Å². The summed E-state index contributed by atoms with van der Waals surface area (Å²) in [6.45, 7) is 6.57. The number of carbonyl (C=O) groups is 1. The van der Waals surface area contributed by atoms with Crippen LogP contribution < -0.4 is 0 Å². The summed E-state index contributed by atoms with van der Waals surface area (Å²) in [6, 6.07) is 0. The van der Waals surface area contributed by atoms with Gasteiger partial charge in [-0.2, -0.15) is 0 Å². The van der Waals surface area contributed by atoms with Crippen molar-refractivity contribution in [2.24, 2.45) is 40.4 Å². The van der Waals surface area contributed by atoms with Gasteiger partial charge in [0.1, 0.15) is 5.78 Å². The van der Waals surface area contributed by atoms with Crippen molar-refractivity contribution in [1.29, 1.82) is 0 Å². The van der Waals surface area contributed by atoms with Gasteiger partial charge in [-0.3, -0.25) is 4.79 Å². The highest BCUT2D eigenvalue weighted by Crippen LogP contribution is 2.67. The van der Waals surface area contributed by atoms with E-state index in [9.17, 15) is 15.0 Å². The Labute approximate surface area is 146 Å². The topological polar surface area (TPSA) is 57.5 Å². The molecule has 4 rings (SSSR count). The summed E-state index contributed by atoms with van der Waals surface area (Å²) in [5.41, 5.74) is 0.360. The largest absolute Gasteiger partial charge is 0.393 e. The van der Waals surface area contributed by atoms with Gasteiger partial charge in [-0.05, 0) is 86.4 Å². The SMILES string of the molecule is C[C@H](O)[C@H]1C(=O)C[C@H]2[C@@H]3CC[C@H]4C[C@@H](O)CC[C@]4(C)[C@H]3CC[C@]12C. The standard InChI is InChI=1S/C21H34O3/c1-12(22)19-18(24)11-17-15-5-4-13-10-14(23)6-8-20(13,2)16(15)7-9-21(17,19)3/h12-17,19,22-23H,4-11H2,1-3H3/t12-,13-,14-,15+,16-,17-,19-,20-,21-/m0/s1.